The van der Waals surface area contributed by atoms with Crippen molar-refractivity contribution in [2.75, 3.05) is 42.7 Å². The van der Waals surface area contributed by atoms with E-state index in [9.17, 15) is 23.1 Å². The molecule has 0 radical (unpaired) electrons. The van der Waals surface area contributed by atoms with E-state index in [0.29, 0.717) is 43.0 Å². The number of carboxylic acid groups (broad SMARTS) is 1. The first-order valence-electron chi connectivity index (χ1n) is 13.6. The van der Waals surface area contributed by atoms with Crippen LogP contribution in [0.1, 0.15) is 19.2 Å². The maximum Gasteiger partial charge on any atom is 0.451 e. The van der Waals surface area contributed by atoms with Crippen LogP contribution in [0.2, 0.25) is 0 Å². The van der Waals surface area contributed by atoms with Gasteiger partial charge in [0.05, 0.1) is 32.4 Å². The second kappa shape index (κ2) is 10.2. The van der Waals surface area contributed by atoms with Crippen LogP contribution >= 0.6 is 15.9 Å². The molecule has 3 aliphatic heterocycles. The first kappa shape index (κ1) is 28.1. The van der Waals surface area contributed by atoms with Crippen molar-refractivity contribution in [3.63, 3.8) is 0 Å². The molecule has 6 heterocycles. The van der Waals surface area contributed by atoms with Crippen molar-refractivity contribution < 1.29 is 41.7 Å². The number of alkyl halides is 3. The van der Waals surface area contributed by atoms with E-state index in [4.69, 9.17) is 18.6 Å². The van der Waals surface area contributed by atoms with Crippen molar-refractivity contribution >= 4 is 55.5 Å². The molecule has 1 spiro atoms. The molecule has 4 aromatic rings. The molecule has 7 rings (SSSR count). The number of anilines is 2. The maximum atomic E-state index is 13.9. The van der Waals surface area contributed by atoms with E-state index < -0.39 is 35.7 Å². The molecule has 226 valence electrons. The molecule has 3 fully saturated rings. The van der Waals surface area contributed by atoms with Crippen LogP contribution in [0.3, 0.4) is 0 Å². The lowest BCUT2D eigenvalue weighted by molar-refractivity contribution is -0.228. The van der Waals surface area contributed by atoms with E-state index in [-0.39, 0.29) is 41.8 Å². The Morgan fingerprint density at radius 3 is 2.72 bits per heavy atom. The van der Waals surface area contributed by atoms with Crippen molar-refractivity contribution in [2.24, 2.45) is 0 Å². The van der Waals surface area contributed by atoms with E-state index in [1.54, 1.807) is 30.5 Å². The normalized spacial score (nSPS) is 23.7. The highest BCUT2D eigenvalue weighted by molar-refractivity contribution is 9.10. The predicted octanol–water partition coefficient (Wildman–Crippen LogP) is 4.66. The van der Waals surface area contributed by atoms with Crippen molar-refractivity contribution in [3.05, 3.63) is 46.8 Å². The molecule has 11 nitrogen and oxygen atoms in total. The fraction of sp³-hybridized carbons (Fsp3) is 0.429. The summed E-state index contributed by atoms with van der Waals surface area (Å²) in [5.74, 6) is -2.61. The van der Waals surface area contributed by atoms with E-state index in [0.717, 1.165) is 4.47 Å². The number of aliphatic carboxylic acids is 1. The van der Waals surface area contributed by atoms with Gasteiger partial charge in [0.15, 0.2) is 11.4 Å². The Kier molecular flexibility index (Phi) is 6.67. The number of furan rings is 1. The number of rotatable bonds is 5. The van der Waals surface area contributed by atoms with Gasteiger partial charge in [-0.25, -0.2) is 19.7 Å². The molecule has 0 aliphatic carbocycles. The van der Waals surface area contributed by atoms with E-state index in [2.05, 4.69) is 35.8 Å². The number of carbonyl (C=O) groups is 1. The van der Waals surface area contributed by atoms with Gasteiger partial charge >= 0.3 is 12.1 Å². The lowest BCUT2D eigenvalue weighted by atomic mass is 9.90. The highest BCUT2D eigenvalue weighted by atomic mass is 79.9. The standard InChI is InChI=1S/C28H25BrF3N5O6/c1-14-27(12-40-13-27)41-7-6-36(14)18-8-15(29)10-33-24(18)42-16-9-19(25(38)39)37(11-16)23-22-21(34-26(35-23)28(30,31)32)17-4-2-3-5-20(17)43-22/h2-5,8,10,14,16,19H,6-7,9,11-13H2,1H3,(H,38,39)/t14-,16?,19-/m0/s1. The van der Waals surface area contributed by atoms with Gasteiger partial charge in [0.2, 0.25) is 11.7 Å². The Bertz CT molecular complexity index is 1730. The molecule has 1 aromatic carbocycles. The Balaban J connectivity index is 1.25. The number of para-hydroxylation sites is 1. The molecule has 15 heteroatoms. The van der Waals surface area contributed by atoms with Gasteiger partial charge < -0.3 is 33.5 Å². The Hall–Kier alpha value is -3.69. The molecule has 1 N–H and O–H groups in total. The van der Waals surface area contributed by atoms with Crippen LogP contribution in [0.25, 0.3) is 22.1 Å². The summed E-state index contributed by atoms with van der Waals surface area (Å²) >= 11 is 3.48. The van der Waals surface area contributed by atoms with Gasteiger partial charge in [-0.1, -0.05) is 12.1 Å². The summed E-state index contributed by atoms with van der Waals surface area (Å²) in [7, 11) is 0. The lowest BCUT2D eigenvalue weighted by Crippen LogP contribution is -2.68. The van der Waals surface area contributed by atoms with Crippen molar-refractivity contribution in [3.8, 4) is 5.88 Å². The second-order valence-electron chi connectivity index (χ2n) is 10.9. The fourth-order valence-corrected chi connectivity index (χ4v) is 6.34. The summed E-state index contributed by atoms with van der Waals surface area (Å²) in [6, 6.07) is 7.10. The molecular weight excluding hydrogens is 639 g/mol. The third-order valence-electron chi connectivity index (χ3n) is 8.31. The van der Waals surface area contributed by atoms with Crippen LogP contribution in [-0.2, 0) is 20.4 Å². The molecular formula is C28H25BrF3N5O6. The van der Waals surface area contributed by atoms with Crippen LogP contribution in [0.4, 0.5) is 24.7 Å². The number of benzene rings is 1. The third-order valence-corrected chi connectivity index (χ3v) is 8.74. The quantitative estimate of drug-likeness (QED) is 0.321. The topological polar surface area (TPSA) is 123 Å². The molecule has 43 heavy (non-hydrogen) atoms. The molecule has 0 saturated carbocycles. The van der Waals surface area contributed by atoms with Gasteiger partial charge in [-0.05, 0) is 41.1 Å². The number of halogens is 4. The molecule has 3 aliphatic rings. The zero-order chi connectivity index (χ0) is 30.1. The highest BCUT2D eigenvalue weighted by Gasteiger charge is 2.50. The van der Waals surface area contributed by atoms with Crippen LogP contribution in [0.5, 0.6) is 5.88 Å². The van der Waals surface area contributed by atoms with Gasteiger partial charge in [-0.15, -0.1) is 0 Å². The van der Waals surface area contributed by atoms with E-state index in [1.165, 1.54) is 4.90 Å². The highest BCUT2D eigenvalue weighted by Crippen LogP contribution is 2.42. The van der Waals surface area contributed by atoms with Crippen molar-refractivity contribution in [1.82, 2.24) is 15.0 Å². The number of nitrogens with zero attached hydrogens (tertiary/aromatic N) is 5. The van der Waals surface area contributed by atoms with Gasteiger partial charge in [0, 0.05) is 29.0 Å². The minimum atomic E-state index is -4.87. The summed E-state index contributed by atoms with van der Waals surface area (Å²) in [5.41, 5.74) is 0.469. The Labute approximate surface area is 250 Å². The number of fused-ring (bicyclic) bond motifs is 3. The minimum absolute atomic E-state index is 0.0290. The summed E-state index contributed by atoms with van der Waals surface area (Å²) in [6.07, 6.45) is -4.07. The zero-order valence-electron chi connectivity index (χ0n) is 22.7. The minimum Gasteiger partial charge on any atom is -0.480 e. The van der Waals surface area contributed by atoms with E-state index in [1.807, 2.05) is 13.0 Å². The molecule has 3 saturated heterocycles. The number of carboxylic acids is 1. The average molecular weight is 664 g/mol. The second-order valence-corrected chi connectivity index (χ2v) is 11.8. The Morgan fingerprint density at radius 1 is 1.21 bits per heavy atom. The maximum absolute atomic E-state index is 13.9. The number of morpholine rings is 1. The van der Waals surface area contributed by atoms with Gasteiger partial charge in [0.1, 0.15) is 34.5 Å². The smallest absolute Gasteiger partial charge is 0.451 e. The Morgan fingerprint density at radius 2 is 2.00 bits per heavy atom. The molecule has 0 amide bonds. The first-order valence-corrected chi connectivity index (χ1v) is 14.4. The number of hydrogen-bond acceptors (Lipinski definition) is 10. The van der Waals surface area contributed by atoms with Crippen LogP contribution in [0, 0.1) is 0 Å². The van der Waals surface area contributed by atoms with Gasteiger partial charge in [-0.2, -0.15) is 13.2 Å². The van der Waals surface area contributed by atoms with Crippen LogP contribution < -0.4 is 14.5 Å². The SMILES string of the molecule is C[C@@H]1N(c2cc(Br)cnc2OC2C[C@@H](C(=O)O)N(c3nc(C(F)(F)F)nc4c3oc3ccccc34)C2)CCOC12COC2. The summed E-state index contributed by atoms with van der Waals surface area (Å²) in [6.45, 7) is 3.93. The van der Waals surface area contributed by atoms with Gasteiger partial charge in [-0.3, -0.25) is 0 Å². The number of pyridine rings is 1. The van der Waals surface area contributed by atoms with Crippen molar-refractivity contribution in [1.29, 1.82) is 0 Å². The first-order chi connectivity index (χ1) is 20.5. The molecule has 3 aromatic heterocycles. The third kappa shape index (κ3) is 4.73. The monoisotopic (exact) mass is 663 g/mol. The largest absolute Gasteiger partial charge is 0.480 e. The molecule has 1 unspecified atom stereocenters. The summed E-state index contributed by atoms with van der Waals surface area (Å²) in [4.78, 5) is 27.9. The number of aromatic nitrogens is 3. The average Bonchev–Trinajstić information content (AvgIpc) is 3.54. The van der Waals surface area contributed by atoms with Crippen LogP contribution in [-0.4, -0.2) is 82.7 Å². The van der Waals surface area contributed by atoms with E-state index >= 15 is 0 Å². The number of ether oxygens (including phenoxy) is 3. The lowest BCUT2D eigenvalue weighted by Gasteiger charge is -2.53. The predicted molar refractivity (Wildman–Crippen MR) is 150 cm³/mol. The molecule has 3 atom stereocenters. The number of hydrogen-bond donors (Lipinski definition) is 1. The fourth-order valence-electron chi connectivity index (χ4n) is 6.02. The van der Waals surface area contributed by atoms with Crippen LogP contribution in [0.15, 0.2) is 45.4 Å². The zero-order valence-corrected chi connectivity index (χ0v) is 24.3. The molecule has 0 bridgehead atoms. The van der Waals surface area contributed by atoms with Crippen molar-refractivity contribution in [2.45, 2.75) is 43.3 Å². The summed E-state index contributed by atoms with van der Waals surface area (Å²) in [5, 5.41) is 10.5. The summed E-state index contributed by atoms with van der Waals surface area (Å²) < 4.78 is 66.2. The van der Waals surface area contributed by atoms with Gasteiger partial charge in [0.25, 0.3) is 0 Å².